The number of nitrogens with zero attached hydrogens (tertiary/aromatic N) is 2. The third-order valence-corrected chi connectivity index (χ3v) is 4.36. The van der Waals surface area contributed by atoms with Crippen LogP contribution in [0.3, 0.4) is 0 Å². The van der Waals surface area contributed by atoms with Crippen molar-refractivity contribution in [2.24, 2.45) is 0 Å². The average molecular weight is 397 g/mol. The number of carbonyl (C=O) groups excluding carboxylic acids is 2. The lowest BCUT2D eigenvalue weighted by Crippen LogP contribution is -2.33. The van der Waals surface area contributed by atoms with E-state index in [0.29, 0.717) is 16.5 Å². The molecule has 0 fully saturated rings. The van der Waals surface area contributed by atoms with Gasteiger partial charge in [0.2, 0.25) is 11.8 Å². The van der Waals surface area contributed by atoms with Crippen molar-refractivity contribution < 1.29 is 14.0 Å². The molecular formula is C20H17ClN4O3. The first-order valence-electron chi connectivity index (χ1n) is 8.41. The Hall–Kier alpha value is -3.50. The summed E-state index contributed by atoms with van der Waals surface area (Å²) in [5.41, 5.74) is 1.63. The third kappa shape index (κ3) is 3.92. The molecule has 0 saturated carbocycles. The normalized spacial score (nSPS) is 10.4. The second-order valence-corrected chi connectivity index (χ2v) is 6.54. The predicted octanol–water partition coefficient (Wildman–Crippen LogP) is 3.58. The number of aromatic nitrogens is 1. The topological polar surface area (TPSA) is 100 Å². The molecule has 0 radical (unpaired) electrons. The van der Waals surface area contributed by atoms with Crippen molar-refractivity contribution in [3.05, 3.63) is 70.2 Å². The standard InChI is InChI=1S/C20H17ClN4O3/c1-12-5-6-16(15(21)9-12)24-17(26)11-23-19(27)18-13(2)28-20(14(18)10-22)25-7-3-4-8-25/h3-9H,11H2,1-2H3,(H,23,27)(H,24,26). The SMILES string of the molecule is Cc1ccc(NC(=O)CNC(=O)c2c(C)oc(-n3cccc3)c2C#N)c(Cl)c1. The van der Waals surface area contributed by atoms with Gasteiger partial charge >= 0.3 is 0 Å². The van der Waals surface area contributed by atoms with Crippen LogP contribution in [0.4, 0.5) is 5.69 Å². The second-order valence-electron chi connectivity index (χ2n) is 6.13. The molecule has 2 amide bonds. The van der Waals surface area contributed by atoms with E-state index in [1.165, 1.54) is 0 Å². The molecule has 3 rings (SSSR count). The first-order chi connectivity index (χ1) is 13.4. The Morgan fingerprint density at radius 2 is 1.96 bits per heavy atom. The summed E-state index contributed by atoms with van der Waals surface area (Å²) < 4.78 is 7.20. The maximum absolute atomic E-state index is 12.6. The number of hydrogen-bond acceptors (Lipinski definition) is 4. The molecule has 0 aliphatic heterocycles. The fraction of sp³-hybridized carbons (Fsp3) is 0.150. The number of halogens is 1. The van der Waals surface area contributed by atoms with Gasteiger partial charge in [0, 0.05) is 12.4 Å². The Kier molecular flexibility index (Phi) is 5.52. The van der Waals surface area contributed by atoms with Gasteiger partial charge in [0.15, 0.2) is 0 Å². The van der Waals surface area contributed by atoms with Crippen LogP contribution in [-0.2, 0) is 4.79 Å². The molecule has 8 heteroatoms. The summed E-state index contributed by atoms with van der Waals surface area (Å²) in [6.45, 7) is 3.20. The monoisotopic (exact) mass is 396 g/mol. The second kappa shape index (κ2) is 8.03. The van der Waals surface area contributed by atoms with Crippen molar-refractivity contribution in [3.8, 4) is 12.0 Å². The summed E-state index contributed by atoms with van der Waals surface area (Å²) in [4.78, 5) is 24.7. The lowest BCUT2D eigenvalue weighted by atomic mass is 10.1. The maximum atomic E-state index is 12.6. The molecule has 2 N–H and O–H groups in total. The first kappa shape index (κ1) is 19.3. The van der Waals surface area contributed by atoms with Gasteiger partial charge in [0.1, 0.15) is 23.0 Å². The summed E-state index contributed by atoms with van der Waals surface area (Å²) in [5, 5.41) is 15.0. The van der Waals surface area contributed by atoms with Crippen LogP contribution in [0.1, 0.15) is 27.2 Å². The van der Waals surface area contributed by atoms with Gasteiger partial charge in [-0.2, -0.15) is 5.26 Å². The van der Waals surface area contributed by atoms with Gasteiger partial charge in [-0.25, -0.2) is 0 Å². The summed E-state index contributed by atoms with van der Waals surface area (Å²) >= 11 is 6.09. The number of benzene rings is 1. The van der Waals surface area contributed by atoms with Crippen molar-refractivity contribution in [3.63, 3.8) is 0 Å². The van der Waals surface area contributed by atoms with E-state index in [1.807, 2.05) is 19.1 Å². The van der Waals surface area contributed by atoms with Gasteiger partial charge in [-0.3, -0.25) is 14.2 Å². The number of aryl methyl sites for hydroxylation is 2. The zero-order valence-electron chi connectivity index (χ0n) is 15.2. The number of anilines is 1. The zero-order valence-corrected chi connectivity index (χ0v) is 16.0. The van der Waals surface area contributed by atoms with E-state index < -0.39 is 11.8 Å². The lowest BCUT2D eigenvalue weighted by Gasteiger charge is -2.09. The molecule has 3 aromatic rings. The van der Waals surface area contributed by atoms with E-state index >= 15 is 0 Å². The van der Waals surface area contributed by atoms with E-state index in [4.69, 9.17) is 16.0 Å². The van der Waals surface area contributed by atoms with Gasteiger partial charge in [-0.15, -0.1) is 0 Å². The Labute approximate surface area is 166 Å². The smallest absolute Gasteiger partial charge is 0.256 e. The molecule has 1 aromatic carbocycles. The van der Waals surface area contributed by atoms with Gasteiger partial charge in [0.05, 0.1) is 17.3 Å². The molecule has 142 valence electrons. The average Bonchev–Trinajstić information content (AvgIpc) is 3.29. The fourth-order valence-corrected chi connectivity index (χ4v) is 3.01. The Bertz CT molecular complexity index is 1080. The predicted molar refractivity (Wildman–Crippen MR) is 105 cm³/mol. The van der Waals surface area contributed by atoms with E-state index in [2.05, 4.69) is 10.6 Å². The van der Waals surface area contributed by atoms with Gasteiger partial charge in [-0.1, -0.05) is 17.7 Å². The minimum atomic E-state index is -0.568. The highest BCUT2D eigenvalue weighted by Gasteiger charge is 2.24. The highest BCUT2D eigenvalue weighted by Crippen LogP contribution is 2.25. The molecule has 7 nitrogen and oxygen atoms in total. The number of hydrogen-bond donors (Lipinski definition) is 2. The number of nitriles is 1. The first-order valence-corrected chi connectivity index (χ1v) is 8.79. The summed E-state index contributed by atoms with van der Waals surface area (Å²) in [5.74, 6) is -0.462. The van der Waals surface area contributed by atoms with Crippen LogP contribution in [-0.4, -0.2) is 22.9 Å². The van der Waals surface area contributed by atoms with Crippen LogP contribution >= 0.6 is 11.6 Å². The Balaban J connectivity index is 1.71. The minimum Gasteiger partial charge on any atom is -0.443 e. The van der Waals surface area contributed by atoms with Crippen LogP contribution in [0, 0.1) is 25.2 Å². The third-order valence-electron chi connectivity index (χ3n) is 4.05. The molecule has 0 unspecified atom stereocenters. The Morgan fingerprint density at radius 3 is 2.61 bits per heavy atom. The van der Waals surface area contributed by atoms with E-state index in [0.717, 1.165) is 5.56 Å². The van der Waals surface area contributed by atoms with Crippen molar-refractivity contribution >= 4 is 29.1 Å². The molecule has 2 heterocycles. The molecule has 2 aromatic heterocycles. The molecule has 28 heavy (non-hydrogen) atoms. The van der Waals surface area contributed by atoms with Crippen LogP contribution in [0.15, 0.2) is 47.1 Å². The van der Waals surface area contributed by atoms with Crippen molar-refractivity contribution in [2.45, 2.75) is 13.8 Å². The quantitative estimate of drug-likeness (QED) is 0.688. The van der Waals surface area contributed by atoms with E-state index in [1.54, 1.807) is 48.1 Å². The fourth-order valence-electron chi connectivity index (χ4n) is 2.72. The van der Waals surface area contributed by atoms with Gasteiger partial charge in [0.25, 0.3) is 5.91 Å². The van der Waals surface area contributed by atoms with Crippen LogP contribution in [0.2, 0.25) is 5.02 Å². The number of amides is 2. The molecule has 0 atom stereocenters. The molecule has 0 aliphatic carbocycles. The number of nitrogens with one attached hydrogen (secondary N) is 2. The van der Waals surface area contributed by atoms with Crippen LogP contribution in [0.5, 0.6) is 0 Å². The highest BCUT2D eigenvalue weighted by atomic mass is 35.5. The molecule has 0 spiro atoms. The van der Waals surface area contributed by atoms with Crippen molar-refractivity contribution in [1.82, 2.24) is 9.88 Å². The Morgan fingerprint density at radius 1 is 1.25 bits per heavy atom. The number of rotatable bonds is 5. The lowest BCUT2D eigenvalue weighted by molar-refractivity contribution is -0.115. The van der Waals surface area contributed by atoms with Gasteiger partial charge in [-0.05, 0) is 43.7 Å². The zero-order chi connectivity index (χ0) is 20.3. The van der Waals surface area contributed by atoms with Crippen molar-refractivity contribution in [2.75, 3.05) is 11.9 Å². The van der Waals surface area contributed by atoms with E-state index in [-0.39, 0.29) is 23.6 Å². The number of carbonyl (C=O) groups is 2. The number of furan rings is 1. The molecule has 0 bridgehead atoms. The molecule has 0 aliphatic rings. The van der Waals surface area contributed by atoms with Gasteiger partial charge < -0.3 is 15.1 Å². The minimum absolute atomic E-state index is 0.104. The van der Waals surface area contributed by atoms with Crippen molar-refractivity contribution in [1.29, 1.82) is 5.26 Å². The van der Waals surface area contributed by atoms with Crippen LogP contribution < -0.4 is 10.6 Å². The molecule has 0 saturated heterocycles. The maximum Gasteiger partial charge on any atom is 0.256 e. The van der Waals surface area contributed by atoms with E-state index in [9.17, 15) is 14.9 Å². The largest absolute Gasteiger partial charge is 0.443 e. The summed E-state index contributed by atoms with van der Waals surface area (Å²) in [7, 11) is 0. The summed E-state index contributed by atoms with van der Waals surface area (Å²) in [6.07, 6.45) is 3.42. The molecular weight excluding hydrogens is 380 g/mol. The van der Waals surface area contributed by atoms with Crippen LogP contribution in [0.25, 0.3) is 5.88 Å². The highest BCUT2D eigenvalue weighted by molar-refractivity contribution is 6.33. The summed E-state index contributed by atoms with van der Waals surface area (Å²) in [6, 6.07) is 10.8.